The van der Waals surface area contributed by atoms with Crippen LogP contribution in [0.3, 0.4) is 0 Å². The van der Waals surface area contributed by atoms with Crippen LogP contribution < -0.4 is 10.6 Å². The molecule has 2 fully saturated rings. The van der Waals surface area contributed by atoms with E-state index in [0.29, 0.717) is 17.0 Å². The number of nitrogens with one attached hydrogen (secondary N) is 2. The summed E-state index contributed by atoms with van der Waals surface area (Å²) in [6.45, 7) is 1.93. The van der Waals surface area contributed by atoms with Gasteiger partial charge in [0.1, 0.15) is 0 Å². The Hall–Kier alpha value is -0.770. The van der Waals surface area contributed by atoms with Gasteiger partial charge >= 0.3 is 0 Å². The third-order valence-electron chi connectivity index (χ3n) is 4.70. The summed E-state index contributed by atoms with van der Waals surface area (Å²) in [4.78, 5) is 12.4. The van der Waals surface area contributed by atoms with Gasteiger partial charge in [-0.1, -0.05) is 30.5 Å². The van der Waals surface area contributed by atoms with Crippen molar-refractivity contribution in [2.45, 2.75) is 51.1 Å². The Morgan fingerprint density at radius 1 is 1.33 bits per heavy atom. The average molecular weight is 329 g/mol. The zero-order chi connectivity index (χ0) is 14.1. The molecule has 3 atom stereocenters. The first-order chi connectivity index (χ1) is 9.65. The van der Waals surface area contributed by atoms with Gasteiger partial charge in [0.2, 0.25) is 5.91 Å². The molecule has 1 aliphatic carbocycles. The van der Waals surface area contributed by atoms with Crippen LogP contribution >= 0.6 is 24.0 Å². The molecule has 116 valence electrons. The largest absolute Gasteiger partial charge is 0.324 e. The van der Waals surface area contributed by atoms with Crippen molar-refractivity contribution in [1.29, 1.82) is 0 Å². The molecule has 2 aliphatic rings. The highest BCUT2D eigenvalue weighted by Gasteiger charge is 2.38. The fraction of sp³-hybridized carbons (Fsp3) is 0.562. The van der Waals surface area contributed by atoms with Gasteiger partial charge < -0.3 is 10.6 Å². The lowest BCUT2D eigenvalue weighted by molar-refractivity contribution is -0.117. The van der Waals surface area contributed by atoms with E-state index in [1.54, 1.807) is 0 Å². The normalized spacial score (nSPS) is 27.6. The maximum Gasteiger partial charge on any atom is 0.241 e. The number of hydrogen-bond donors (Lipinski definition) is 2. The minimum Gasteiger partial charge on any atom is -0.324 e. The Balaban J connectivity index is 0.00000161. The smallest absolute Gasteiger partial charge is 0.241 e. The van der Waals surface area contributed by atoms with Gasteiger partial charge in [-0.2, -0.15) is 0 Å². The Morgan fingerprint density at radius 2 is 2.10 bits per heavy atom. The molecule has 1 aromatic carbocycles. The molecule has 1 saturated heterocycles. The van der Waals surface area contributed by atoms with E-state index in [-0.39, 0.29) is 24.4 Å². The average Bonchev–Trinajstić information content (AvgIpc) is 2.88. The molecule has 0 radical (unpaired) electrons. The molecule has 1 aliphatic heterocycles. The Labute approximate surface area is 137 Å². The van der Waals surface area contributed by atoms with Crippen LogP contribution in [0.4, 0.5) is 5.69 Å². The van der Waals surface area contributed by atoms with Crippen molar-refractivity contribution in [3.63, 3.8) is 0 Å². The summed E-state index contributed by atoms with van der Waals surface area (Å²) in [5.74, 6) is 0.754. The molecular formula is C16H22Cl2N2O. The SMILES string of the molecule is Cc1c(Cl)cccc1NC(=O)C1CC2CCCCC2N1.Cl. The summed E-state index contributed by atoms with van der Waals surface area (Å²) in [5, 5.41) is 7.21. The number of benzene rings is 1. The van der Waals surface area contributed by atoms with E-state index in [0.717, 1.165) is 17.7 Å². The zero-order valence-corrected chi connectivity index (χ0v) is 13.8. The maximum absolute atomic E-state index is 12.4. The Morgan fingerprint density at radius 3 is 2.86 bits per heavy atom. The van der Waals surface area contributed by atoms with Crippen molar-refractivity contribution >= 4 is 35.6 Å². The summed E-state index contributed by atoms with van der Waals surface area (Å²) >= 11 is 6.09. The predicted molar refractivity (Wildman–Crippen MR) is 89.4 cm³/mol. The monoisotopic (exact) mass is 328 g/mol. The highest BCUT2D eigenvalue weighted by molar-refractivity contribution is 6.31. The van der Waals surface area contributed by atoms with Crippen LogP contribution in [0.2, 0.25) is 5.02 Å². The van der Waals surface area contributed by atoms with E-state index in [1.807, 2.05) is 25.1 Å². The van der Waals surface area contributed by atoms with Gasteiger partial charge in [-0.15, -0.1) is 12.4 Å². The van der Waals surface area contributed by atoms with Gasteiger partial charge in [0, 0.05) is 16.8 Å². The first kappa shape index (κ1) is 16.6. The topological polar surface area (TPSA) is 41.1 Å². The number of carbonyl (C=O) groups is 1. The van der Waals surface area contributed by atoms with E-state index in [1.165, 1.54) is 25.7 Å². The van der Waals surface area contributed by atoms with Crippen LogP contribution in [-0.2, 0) is 4.79 Å². The van der Waals surface area contributed by atoms with E-state index in [4.69, 9.17) is 11.6 Å². The highest BCUT2D eigenvalue weighted by atomic mass is 35.5. The van der Waals surface area contributed by atoms with Gasteiger partial charge in [-0.25, -0.2) is 0 Å². The Bertz CT molecular complexity index is 507. The molecule has 3 rings (SSSR count). The number of fused-ring (bicyclic) bond motifs is 1. The van der Waals surface area contributed by atoms with Gasteiger partial charge in [0.25, 0.3) is 0 Å². The number of amides is 1. The van der Waals surface area contributed by atoms with Crippen LogP contribution in [0, 0.1) is 12.8 Å². The predicted octanol–water partition coefficient (Wildman–Crippen LogP) is 3.93. The van der Waals surface area contributed by atoms with Crippen LogP contribution in [0.25, 0.3) is 0 Å². The first-order valence-corrected chi connectivity index (χ1v) is 7.85. The van der Waals surface area contributed by atoms with Crippen molar-refractivity contribution in [3.05, 3.63) is 28.8 Å². The Kier molecular flexibility index (Phi) is 5.53. The third-order valence-corrected chi connectivity index (χ3v) is 5.11. The first-order valence-electron chi connectivity index (χ1n) is 7.47. The number of carbonyl (C=O) groups excluding carboxylic acids is 1. The number of halogens is 2. The molecule has 1 heterocycles. The fourth-order valence-electron chi connectivity index (χ4n) is 3.48. The molecule has 1 amide bonds. The molecule has 5 heteroatoms. The molecule has 0 aromatic heterocycles. The van der Waals surface area contributed by atoms with Crippen molar-refractivity contribution in [2.24, 2.45) is 5.92 Å². The maximum atomic E-state index is 12.4. The van der Waals surface area contributed by atoms with Crippen LogP contribution in [0.1, 0.15) is 37.7 Å². The highest BCUT2D eigenvalue weighted by Crippen LogP contribution is 2.33. The summed E-state index contributed by atoms with van der Waals surface area (Å²) in [6, 6.07) is 6.10. The molecule has 2 N–H and O–H groups in total. The van der Waals surface area contributed by atoms with Crippen LogP contribution in [0.5, 0.6) is 0 Å². The van der Waals surface area contributed by atoms with Crippen LogP contribution in [-0.4, -0.2) is 18.0 Å². The standard InChI is InChI=1S/C16H21ClN2O.ClH/c1-10-12(17)6-4-8-13(10)19-16(20)15-9-11-5-2-3-7-14(11)18-15;/h4,6,8,11,14-15,18H,2-3,5,7,9H2,1H3,(H,19,20);1H. The summed E-state index contributed by atoms with van der Waals surface area (Å²) < 4.78 is 0. The summed E-state index contributed by atoms with van der Waals surface area (Å²) in [6.07, 6.45) is 6.04. The molecule has 0 bridgehead atoms. The summed E-state index contributed by atoms with van der Waals surface area (Å²) in [7, 11) is 0. The third kappa shape index (κ3) is 3.53. The second kappa shape index (κ2) is 6.99. The minimum atomic E-state index is -0.0542. The van der Waals surface area contributed by atoms with Gasteiger partial charge in [0.05, 0.1) is 6.04 Å². The minimum absolute atomic E-state index is 0. The van der Waals surface area contributed by atoms with E-state index in [9.17, 15) is 4.79 Å². The second-order valence-electron chi connectivity index (χ2n) is 6.01. The number of anilines is 1. The van der Waals surface area contributed by atoms with Crippen LogP contribution in [0.15, 0.2) is 18.2 Å². The fourth-order valence-corrected chi connectivity index (χ4v) is 3.66. The van der Waals surface area contributed by atoms with Crippen molar-refractivity contribution in [2.75, 3.05) is 5.32 Å². The number of hydrogen-bond acceptors (Lipinski definition) is 2. The molecule has 1 aromatic rings. The van der Waals surface area contributed by atoms with E-state index in [2.05, 4.69) is 10.6 Å². The lowest BCUT2D eigenvalue weighted by Crippen LogP contribution is -2.40. The summed E-state index contributed by atoms with van der Waals surface area (Å²) in [5.41, 5.74) is 1.75. The van der Waals surface area contributed by atoms with E-state index >= 15 is 0 Å². The molecule has 3 nitrogen and oxygen atoms in total. The molecule has 1 saturated carbocycles. The van der Waals surface area contributed by atoms with Gasteiger partial charge in [-0.05, 0) is 49.8 Å². The lowest BCUT2D eigenvalue weighted by atomic mass is 9.85. The lowest BCUT2D eigenvalue weighted by Gasteiger charge is -2.24. The van der Waals surface area contributed by atoms with E-state index < -0.39 is 0 Å². The van der Waals surface area contributed by atoms with Crippen molar-refractivity contribution in [3.8, 4) is 0 Å². The second-order valence-corrected chi connectivity index (χ2v) is 6.41. The zero-order valence-electron chi connectivity index (χ0n) is 12.2. The molecule has 0 spiro atoms. The molecule has 3 unspecified atom stereocenters. The number of rotatable bonds is 2. The molecule has 21 heavy (non-hydrogen) atoms. The van der Waals surface area contributed by atoms with Gasteiger partial charge in [-0.3, -0.25) is 4.79 Å². The quantitative estimate of drug-likeness (QED) is 0.863. The van der Waals surface area contributed by atoms with Crippen molar-refractivity contribution in [1.82, 2.24) is 5.32 Å². The molecular weight excluding hydrogens is 307 g/mol. The van der Waals surface area contributed by atoms with Gasteiger partial charge in [0.15, 0.2) is 0 Å². The van der Waals surface area contributed by atoms with Crippen molar-refractivity contribution < 1.29 is 4.79 Å².